The Labute approximate surface area is 167 Å². The van der Waals surface area contributed by atoms with Crippen molar-refractivity contribution >= 4 is 17.6 Å². The van der Waals surface area contributed by atoms with E-state index in [4.69, 9.17) is 9.47 Å². The molecule has 0 heterocycles. The molecule has 0 spiro atoms. The van der Waals surface area contributed by atoms with Gasteiger partial charge in [-0.3, -0.25) is 4.79 Å². The maximum absolute atomic E-state index is 12.2. The van der Waals surface area contributed by atoms with Crippen molar-refractivity contribution < 1.29 is 19.1 Å². The van der Waals surface area contributed by atoms with E-state index in [2.05, 4.69) is 26.1 Å². The summed E-state index contributed by atoms with van der Waals surface area (Å²) in [6.45, 7) is 9.60. The topological polar surface area (TPSA) is 64.6 Å². The smallest absolute Gasteiger partial charge is 0.344 e. The lowest BCUT2D eigenvalue weighted by Gasteiger charge is -2.22. The van der Waals surface area contributed by atoms with E-state index in [0.29, 0.717) is 5.75 Å². The molecule has 28 heavy (non-hydrogen) atoms. The zero-order valence-corrected chi connectivity index (χ0v) is 17.3. The number of para-hydroxylation sites is 2. The molecule has 150 valence electrons. The minimum atomic E-state index is -0.584. The third kappa shape index (κ3) is 5.84. The zero-order valence-electron chi connectivity index (χ0n) is 17.3. The normalized spacial score (nSPS) is 11.0. The summed E-state index contributed by atoms with van der Waals surface area (Å²) < 4.78 is 10.7. The summed E-state index contributed by atoms with van der Waals surface area (Å²) in [5.74, 6) is -0.310. The number of hydrogen-bond acceptors (Lipinski definition) is 4. The summed E-state index contributed by atoms with van der Waals surface area (Å²) in [7, 11) is 0. The predicted molar refractivity (Wildman–Crippen MR) is 111 cm³/mol. The van der Waals surface area contributed by atoms with Crippen LogP contribution < -0.4 is 10.1 Å². The van der Waals surface area contributed by atoms with Crippen molar-refractivity contribution in [1.29, 1.82) is 0 Å². The van der Waals surface area contributed by atoms with Crippen LogP contribution in [-0.2, 0) is 26.2 Å². The van der Waals surface area contributed by atoms with E-state index >= 15 is 0 Å². The number of nitrogens with one attached hydrogen (secondary N) is 1. The van der Waals surface area contributed by atoms with Gasteiger partial charge in [-0.05, 0) is 41.5 Å². The van der Waals surface area contributed by atoms with Gasteiger partial charge < -0.3 is 14.8 Å². The number of carbonyl (C=O) groups excluding carboxylic acids is 2. The molecule has 5 nitrogen and oxygen atoms in total. The molecule has 0 saturated carbocycles. The van der Waals surface area contributed by atoms with Crippen LogP contribution in [0.5, 0.6) is 5.75 Å². The second kappa shape index (κ2) is 9.40. The van der Waals surface area contributed by atoms with Crippen LogP contribution in [0.3, 0.4) is 0 Å². The van der Waals surface area contributed by atoms with E-state index in [9.17, 15) is 9.59 Å². The lowest BCUT2D eigenvalue weighted by atomic mass is 9.86. The number of benzene rings is 2. The Balaban J connectivity index is 1.88. The van der Waals surface area contributed by atoms with E-state index in [1.54, 1.807) is 0 Å². The van der Waals surface area contributed by atoms with Gasteiger partial charge in [-0.2, -0.15) is 0 Å². The number of rotatable bonds is 7. The van der Waals surface area contributed by atoms with Gasteiger partial charge in [0.1, 0.15) is 5.75 Å². The van der Waals surface area contributed by atoms with Gasteiger partial charge >= 0.3 is 5.97 Å². The van der Waals surface area contributed by atoms with Gasteiger partial charge in [0.05, 0.1) is 0 Å². The van der Waals surface area contributed by atoms with Crippen LogP contribution in [0.1, 0.15) is 44.4 Å². The van der Waals surface area contributed by atoms with Crippen LogP contribution in [0.15, 0.2) is 42.5 Å². The van der Waals surface area contributed by atoms with Crippen molar-refractivity contribution in [2.45, 2.75) is 46.5 Å². The molecular weight excluding hydrogens is 354 g/mol. The van der Waals surface area contributed by atoms with Gasteiger partial charge in [-0.25, -0.2) is 4.79 Å². The molecule has 0 unspecified atom stereocenters. The van der Waals surface area contributed by atoms with Gasteiger partial charge in [-0.1, -0.05) is 64.1 Å². The molecule has 0 aliphatic carbocycles. The Morgan fingerprint density at radius 1 is 1.00 bits per heavy atom. The van der Waals surface area contributed by atoms with Crippen molar-refractivity contribution in [3.05, 3.63) is 59.2 Å². The third-order valence-electron chi connectivity index (χ3n) is 4.41. The first-order chi connectivity index (χ1) is 13.2. The fourth-order valence-corrected chi connectivity index (χ4v) is 2.91. The largest absolute Gasteiger partial charge is 0.482 e. The molecule has 0 radical (unpaired) electrons. The molecule has 2 aromatic rings. The summed E-state index contributed by atoms with van der Waals surface area (Å²) in [5, 5.41) is 2.83. The first kappa shape index (κ1) is 21.5. The predicted octanol–water partition coefficient (Wildman–Crippen LogP) is 4.42. The second-order valence-corrected chi connectivity index (χ2v) is 7.71. The fraction of sp³-hybridized carbons (Fsp3) is 0.391. The van der Waals surface area contributed by atoms with Crippen LogP contribution >= 0.6 is 0 Å². The molecule has 0 aromatic heterocycles. The summed E-state index contributed by atoms with van der Waals surface area (Å²) in [4.78, 5) is 24.2. The van der Waals surface area contributed by atoms with E-state index in [-0.39, 0.29) is 24.5 Å². The number of esters is 1. The van der Waals surface area contributed by atoms with Crippen molar-refractivity contribution in [2.24, 2.45) is 0 Å². The Bertz CT molecular complexity index is 837. The molecule has 0 bridgehead atoms. The van der Waals surface area contributed by atoms with Crippen molar-refractivity contribution in [2.75, 3.05) is 18.5 Å². The fourth-order valence-electron chi connectivity index (χ4n) is 2.91. The van der Waals surface area contributed by atoms with E-state index in [1.807, 2.05) is 56.3 Å². The molecule has 2 rings (SSSR count). The molecule has 0 saturated heterocycles. The van der Waals surface area contributed by atoms with E-state index < -0.39 is 5.97 Å². The van der Waals surface area contributed by atoms with Crippen molar-refractivity contribution in [1.82, 2.24) is 0 Å². The average molecular weight is 383 g/mol. The molecule has 0 aliphatic heterocycles. The van der Waals surface area contributed by atoms with Crippen LogP contribution in [0, 0.1) is 6.92 Å². The van der Waals surface area contributed by atoms with Gasteiger partial charge in [0.25, 0.3) is 5.91 Å². The highest BCUT2D eigenvalue weighted by atomic mass is 16.6. The highest BCUT2D eigenvalue weighted by Gasteiger charge is 2.19. The molecule has 2 aromatic carbocycles. The Morgan fingerprint density at radius 3 is 2.39 bits per heavy atom. The van der Waals surface area contributed by atoms with Gasteiger partial charge in [0.2, 0.25) is 0 Å². The average Bonchev–Trinajstić information content (AvgIpc) is 2.65. The number of anilines is 1. The standard InChI is InChI=1S/C23H29NO4/c1-6-17-11-9-10-16(2)22(17)24-20(25)14-28-21(26)15-27-19-13-8-7-12-18(19)23(3,4)5/h7-13H,6,14-15H2,1-5H3,(H,24,25). The van der Waals surface area contributed by atoms with E-state index in [0.717, 1.165) is 28.8 Å². The molecule has 0 fully saturated rings. The number of carbonyl (C=O) groups is 2. The third-order valence-corrected chi connectivity index (χ3v) is 4.41. The maximum Gasteiger partial charge on any atom is 0.344 e. The van der Waals surface area contributed by atoms with Crippen LogP contribution in [0.25, 0.3) is 0 Å². The lowest BCUT2D eigenvalue weighted by molar-refractivity contribution is -0.149. The summed E-state index contributed by atoms with van der Waals surface area (Å²) in [5.41, 5.74) is 3.70. The van der Waals surface area contributed by atoms with Gasteiger partial charge in [-0.15, -0.1) is 0 Å². The zero-order chi connectivity index (χ0) is 20.7. The van der Waals surface area contributed by atoms with Crippen molar-refractivity contribution in [3.8, 4) is 5.75 Å². The molecule has 0 atom stereocenters. The first-order valence-electron chi connectivity index (χ1n) is 9.48. The first-order valence-corrected chi connectivity index (χ1v) is 9.48. The minimum Gasteiger partial charge on any atom is -0.482 e. The molecule has 5 heteroatoms. The highest BCUT2D eigenvalue weighted by molar-refractivity contribution is 5.94. The summed E-state index contributed by atoms with van der Waals surface area (Å²) in [6.07, 6.45) is 0.804. The Hall–Kier alpha value is -2.82. The maximum atomic E-state index is 12.2. The Morgan fingerprint density at radius 2 is 1.71 bits per heavy atom. The highest BCUT2D eigenvalue weighted by Crippen LogP contribution is 2.30. The second-order valence-electron chi connectivity index (χ2n) is 7.71. The minimum absolute atomic E-state index is 0.106. The molecule has 1 amide bonds. The molecule has 1 N–H and O–H groups in total. The van der Waals surface area contributed by atoms with Gasteiger partial charge in [0.15, 0.2) is 13.2 Å². The number of ether oxygens (including phenoxy) is 2. The van der Waals surface area contributed by atoms with Crippen LogP contribution in [0.2, 0.25) is 0 Å². The lowest BCUT2D eigenvalue weighted by Crippen LogP contribution is -2.25. The number of amides is 1. The van der Waals surface area contributed by atoms with Crippen LogP contribution in [0.4, 0.5) is 5.69 Å². The van der Waals surface area contributed by atoms with E-state index in [1.165, 1.54) is 0 Å². The van der Waals surface area contributed by atoms with Crippen LogP contribution in [-0.4, -0.2) is 25.1 Å². The summed E-state index contributed by atoms with van der Waals surface area (Å²) >= 11 is 0. The molecular formula is C23H29NO4. The Kier molecular flexibility index (Phi) is 7.21. The van der Waals surface area contributed by atoms with Crippen molar-refractivity contribution in [3.63, 3.8) is 0 Å². The summed E-state index contributed by atoms with van der Waals surface area (Å²) in [6, 6.07) is 13.4. The molecule has 0 aliphatic rings. The van der Waals surface area contributed by atoms with Gasteiger partial charge in [0, 0.05) is 5.69 Å². The quantitative estimate of drug-likeness (QED) is 0.719. The number of aryl methyl sites for hydroxylation is 2. The number of hydrogen-bond donors (Lipinski definition) is 1. The SMILES string of the molecule is CCc1cccc(C)c1NC(=O)COC(=O)COc1ccccc1C(C)(C)C. The monoisotopic (exact) mass is 383 g/mol.